The fraction of sp³-hybridized carbons (Fsp3) is 0.615. The Morgan fingerprint density at radius 2 is 2.25 bits per heavy atom. The number of nitrogens with one attached hydrogen (secondary N) is 1. The number of rotatable bonds is 6. The van der Waals surface area contributed by atoms with Crippen molar-refractivity contribution in [3.05, 3.63) is 17.5 Å². The van der Waals surface area contributed by atoms with E-state index < -0.39 is 5.41 Å². The number of nitrogens with zero attached hydrogens (tertiary/aromatic N) is 3. The molecule has 1 amide bonds. The lowest BCUT2D eigenvalue weighted by Crippen LogP contribution is -2.47. The molecule has 0 aliphatic heterocycles. The van der Waals surface area contributed by atoms with Gasteiger partial charge in [0.1, 0.15) is 5.41 Å². The molecular formula is C13H23N5O2. The summed E-state index contributed by atoms with van der Waals surface area (Å²) in [6.45, 7) is 5.87. The quantitative estimate of drug-likeness (QED) is 0.310. The van der Waals surface area contributed by atoms with Gasteiger partial charge in [0, 0.05) is 25.4 Å². The molecule has 7 heteroatoms. The number of amides is 1. The van der Waals surface area contributed by atoms with Crippen LogP contribution < -0.4 is 11.1 Å². The number of carbonyl (C=O) groups excluding carboxylic acids is 1. The Hall–Kier alpha value is -2.05. The first-order valence-electron chi connectivity index (χ1n) is 6.66. The first-order chi connectivity index (χ1) is 9.38. The molecule has 1 rings (SSSR count). The SMILES string of the molecule is CCc1nn(C)cc1CNC(=O)C(C)(CC)/C(N)=N/O. The number of nitrogens with two attached hydrogens (primary N) is 1. The van der Waals surface area contributed by atoms with E-state index in [9.17, 15) is 4.79 Å². The molecule has 0 radical (unpaired) electrons. The number of carbonyl (C=O) groups is 1. The van der Waals surface area contributed by atoms with Gasteiger partial charge < -0.3 is 16.3 Å². The van der Waals surface area contributed by atoms with Gasteiger partial charge in [0.25, 0.3) is 0 Å². The lowest BCUT2D eigenvalue weighted by molar-refractivity contribution is -0.127. The van der Waals surface area contributed by atoms with Crippen LogP contribution in [0.5, 0.6) is 0 Å². The molecule has 7 nitrogen and oxygen atoms in total. The molecule has 0 aromatic carbocycles. The fourth-order valence-electron chi connectivity index (χ4n) is 1.97. The van der Waals surface area contributed by atoms with E-state index >= 15 is 0 Å². The summed E-state index contributed by atoms with van der Waals surface area (Å²) < 4.78 is 1.73. The van der Waals surface area contributed by atoms with Gasteiger partial charge in [-0.15, -0.1) is 0 Å². The zero-order valence-electron chi connectivity index (χ0n) is 12.5. The van der Waals surface area contributed by atoms with Crippen molar-refractivity contribution >= 4 is 11.7 Å². The van der Waals surface area contributed by atoms with Gasteiger partial charge in [0.15, 0.2) is 5.84 Å². The molecule has 0 fully saturated rings. The van der Waals surface area contributed by atoms with Crippen LogP contribution in [0.15, 0.2) is 11.4 Å². The smallest absolute Gasteiger partial charge is 0.233 e. The number of aromatic nitrogens is 2. The summed E-state index contributed by atoms with van der Waals surface area (Å²) in [6, 6.07) is 0. The average Bonchev–Trinajstić information content (AvgIpc) is 2.82. The highest BCUT2D eigenvalue weighted by Crippen LogP contribution is 2.21. The van der Waals surface area contributed by atoms with Gasteiger partial charge in [-0.25, -0.2) is 0 Å². The topological polar surface area (TPSA) is 106 Å². The molecule has 1 atom stereocenters. The largest absolute Gasteiger partial charge is 0.409 e. The molecule has 0 saturated heterocycles. The van der Waals surface area contributed by atoms with Crippen LogP contribution in [0.1, 0.15) is 38.4 Å². The van der Waals surface area contributed by atoms with Crippen LogP contribution in [-0.4, -0.2) is 26.7 Å². The molecule has 1 heterocycles. The molecule has 1 aromatic rings. The lowest BCUT2D eigenvalue weighted by atomic mass is 9.85. The lowest BCUT2D eigenvalue weighted by Gasteiger charge is -2.25. The Morgan fingerprint density at radius 3 is 2.75 bits per heavy atom. The second-order valence-electron chi connectivity index (χ2n) is 4.98. The number of aryl methyl sites for hydroxylation is 2. The van der Waals surface area contributed by atoms with E-state index in [1.165, 1.54) is 0 Å². The predicted molar refractivity (Wildman–Crippen MR) is 76.2 cm³/mol. The van der Waals surface area contributed by atoms with Crippen molar-refractivity contribution in [1.29, 1.82) is 0 Å². The van der Waals surface area contributed by atoms with E-state index in [1.54, 1.807) is 11.6 Å². The van der Waals surface area contributed by atoms with Gasteiger partial charge in [-0.2, -0.15) is 5.10 Å². The summed E-state index contributed by atoms with van der Waals surface area (Å²) >= 11 is 0. The second kappa shape index (κ2) is 6.40. The van der Waals surface area contributed by atoms with Crippen molar-refractivity contribution < 1.29 is 10.0 Å². The van der Waals surface area contributed by atoms with E-state index in [1.807, 2.05) is 27.1 Å². The normalized spacial score (nSPS) is 14.9. The van der Waals surface area contributed by atoms with Gasteiger partial charge in [-0.3, -0.25) is 9.48 Å². The van der Waals surface area contributed by atoms with Crippen LogP contribution in [-0.2, 0) is 24.8 Å². The second-order valence-corrected chi connectivity index (χ2v) is 4.98. The van der Waals surface area contributed by atoms with Gasteiger partial charge in [-0.05, 0) is 19.8 Å². The minimum Gasteiger partial charge on any atom is -0.409 e. The highest BCUT2D eigenvalue weighted by molar-refractivity contribution is 6.06. The summed E-state index contributed by atoms with van der Waals surface area (Å²) in [6.07, 6.45) is 3.13. The number of amidine groups is 1. The van der Waals surface area contributed by atoms with E-state index in [0.29, 0.717) is 13.0 Å². The zero-order chi connectivity index (χ0) is 15.3. The highest BCUT2D eigenvalue weighted by atomic mass is 16.4. The molecule has 0 aliphatic carbocycles. The summed E-state index contributed by atoms with van der Waals surface area (Å²) in [5, 5.41) is 18.9. The first-order valence-corrected chi connectivity index (χ1v) is 6.66. The molecule has 112 valence electrons. The number of hydrogen-bond acceptors (Lipinski definition) is 4. The van der Waals surface area contributed by atoms with Crippen molar-refractivity contribution in [2.75, 3.05) is 0 Å². The molecule has 0 saturated carbocycles. The fourth-order valence-corrected chi connectivity index (χ4v) is 1.97. The van der Waals surface area contributed by atoms with Crippen LogP contribution >= 0.6 is 0 Å². The van der Waals surface area contributed by atoms with Crippen molar-refractivity contribution in [1.82, 2.24) is 15.1 Å². The van der Waals surface area contributed by atoms with Gasteiger partial charge >= 0.3 is 0 Å². The Morgan fingerprint density at radius 1 is 1.60 bits per heavy atom. The monoisotopic (exact) mass is 281 g/mol. The Bertz CT molecular complexity index is 509. The van der Waals surface area contributed by atoms with Crippen molar-refractivity contribution in [3.63, 3.8) is 0 Å². The third kappa shape index (κ3) is 3.09. The third-order valence-electron chi connectivity index (χ3n) is 3.65. The maximum Gasteiger partial charge on any atom is 0.233 e. The molecule has 0 spiro atoms. The average molecular weight is 281 g/mol. The van der Waals surface area contributed by atoms with Crippen molar-refractivity contribution in [2.45, 2.75) is 40.2 Å². The molecule has 20 heavy (non-hydrogen) atoms. The Labute approximate surface area is 118 Å². The molecule has 0 bridgehead atoms. The summed E-state index contributed by atoms with van der Waals surface area (Å²) in [4.78, 5) is 12.3. The zero-order valence-corrected chi connectivity index (χ0v) is 12.5. The van der Waals surface area contributed by atoms with E-state index in [4.69, 9.17) is 10.9 Å². The first kappa shape index (κ1) is 16.0. The van der Waals surface area contributed by atoms with Crippen LogP contribution in [0.2, 0.25) is 0 Å². The minimum atomic E-state index is -1.01. The standard InChI is InChI=1S/C13H23N5O2/c1-5-10-9(8-18(4)16-10)7-15-12(19)13(3,6-2)11(14)17-20/h8,20H,5-7H2,1-4H3,(H2,14,17)(H,15,19). The maximum absolute atomic E-state index is 12.3. The number of oxime groups is 1. The third-order valence-corrected chi connectivity index (χ3v) is 3.65. The molecule has 4 N–H and O–H groups in total. The molecular weight excluding hydrogens is 258 g/mol. The van der Waals surface area contributed by atoms with Crippen molar-refractivity contribution in [2.24, 2.45) is 23.4 Å². The predicted octanol–water partition coefficient (Wildman–Crippen LogP) is 0.761. The van der Waals surface area contributed by atoms with E-state index in [0.717, 1.165) is 17.7 Å². The molecule has 0 aliphatic rings. The van der Waals surface area contributed by atoms with Crippen LogP contribution in [0.3, 0.4) is 0 Å². The van der Waals surface area contributed by atoms with Crippen LogP contribution in [0.25, 0.3) is 0 Å². The molecule has 1 unspecified atom stereocenters. The maximum atomic E-state index is 12.3. The van der Waals surface area contributed by atoms with Gasteiger partial charge in [-0.1, -0.05) is 19.0 Å². The van der Waals surface area contributed by atoms with Gasteiger partial charge in [0.05, 0.1) is 5.69 Å². The van der Waals surface area contributed by atoms with E-state index in [2.05, 4.69) is 15.6 Å². The van der Waals surface area contributed by atoms with Crippen LogP contribution in [0.4, 0.5) is 0 Å². The Balaban J connectivity index is 2.80. The summed E-state index contributed by atoms with van der Waals surface area (Å²) in [5.74, 6) is -0.347. The Kier molecular flexibility index (Phi) is 5.12. The molecule has 1 aromatic heterocycles. The van der Waals surface area contributed by atoms with Gasteiger partial charge in [0.2, 0.25) is 5.91 Å². The highest BCUT2D eigenvalue weighted by Gasteiger charge is 2.36. The van der Waals surface area contributed by atoms with E-state index in [-0.39, 0.29) is 11.7 Å². The summed E-state index contributed by atoms with van der Waals surface area (Å²) in [5.41, 5.74) is 6.53. The summed E-state index contributed by atoms with van der Waals surface area (Å²) in [7, 11) is 1.84. The number of hydrogen-bond donors (Lipinski definition) is 3. The van der Waals surface area contributed by atoms with Crippen LogP contribution in [0, 0.1) is 5.41 Å². The minimum absolute atomic E-state index is 0.0839. The van der Waals surface area contributed by atoms with Crippen molar-refractivity contribution in [3.8, 4) is 0 Å².